The van der Waals surface area contributed by atoms with Gasteiger partial charge in [0.25, 0.3) is 5.56 Å². The number of hydrogen-bond donors (Lipinski definition) is 1. The maximum atomic E-state index is 14.0. The first-order chi connectivity index (χ1) is 17.8. The van der Waals surface area contributed by atoms with Gasteiger partial charge in [0.05, 0.1) is 11.7 Å². The molecule has 0 bridgehead atoms. The van der Waals surface area contributed by atoms with Crippen LogP contribution >= 0.6 is 0 Å². The van der Waals surface area contributed by atoms with E-state index in [4.69, 9.17) is 10.1 Å². The fraction of sp³-hybridized carbons (Fsp3) is 0.593. The molecular formula is C27H40N6O3S. The first-order valence-electron chi connectivity index (χ1n) is 13.5. The summed E-state index contributed by atoms with van der Waals surface area (Å²) < 4.78 is 31.5. The highest BCUT2D eigenvalue weighted by atomic mass is 32.2. The highest BCUT2D eigenvalue weighted by molar-refractivity contribution is 7.89. The Kier molecular flexibility index (Phi) is 8.82. The van der Waals surface area contributed by atoms with Crippen molar-refractivity contribution < 1.29 is 8.42 Å². The molecule has 202 valence electrons. The molecule has 2 atom stereocenters. The first-order valence-corrected chi connectivity index (χ1v) is 15.0. The number of piperazine rings is 1. The Morgan fingerprint density at radius 2 is 1.73 bits per heavy atom. The van der Waals surface area contributed by atoms with Gasteiger partial charge in [-0.1, -0.05) is 69.9 Å². The molecule has 0 amide bonds. The number of nitrogens with one attached hydrogen (secondary N) is 1. The molecule has 10 heteroatoms. The average Bonchev–Trinajstić information content (AvgIpc) is 3.21. The van der Waals surface area contributed by atoms with Crippen molar-refractivity contribution >= 4 is 21.1 Å². The number of sulfonamides is 1. The molecule has 1 aromatic carbocycles. The van der Waals surface area contributed by atoms with Gasteiger partial charge in [0, 0.05) is 26.2 Å². The van der Waals surface area contributed by atoms with Crippen LogP contribution in [0.4, 0.5) is 0 Å². The summed E-state index contributed by atoms with van der Waals surface area (Å²) in [6.45, 7) is 8.25. The van der Waals surface area contributed by atoms with Crippen LogP contribution in [0.15, 0.2) is 35.1 Å². The summed E-state index contributed by atoms with van der Waals surface area (Å²) in [5.41, 5.74) is 1.31. The normalized spacial score (nSPS) is 17.3. The van der Waals surface area contributed by atoms with E-state index in [1.54, 1.807) is 12.1 Å². The Bertz CT molecular complexity index is 1340. The van der Waals surface area contributed by atoms with E-state index < -0.39 is 15.3 Å². The van der Waals surface area contributed by atoms with Crippen LogP contribution in [-0.2, 0) is 10.0 Å². The van der Waals surface area contributed by atoms with Crippen molar-refractivity contribution in [2.45, 2.75) is 70.6 Å². The number of unbranched alkanes of at least 4 members (excludes halogenated alkanes) is 3. The minimum Gasteiger partial charge on any atom is -0.308 e. The zero-order valence-corrected chi connectivity index (χ0v) is 23.3. The molecule has 2 aromatic heterocycles. The van der Waals surface area contributed by atoms with Gasteiger partial charge in [-0.05, 0) is 32.4 Å². The summed E-state index contributed by atoms with van der Waals surface area (Å²) in [4.78, 5) is 23.2. The number of aromatic amines is 1. The van der Waals surface area contributed by atoms with Gasteiger partial charge in [-0.3, -0.25) is 4.79 Å². The van der Waals surface area contributed by atoms with Crippen molar-refractivity contribution in [2.75, 3.05) is 33.2 Å². The summed E-state index contributed by atoms with van der Waals surface area (Å²) in [6.07, 6.45) is 6.40. The summed E-state index contributed by atoms with van der Waals surface area (Å²) in [6, 6.07) is 9.15. The van der Waals surface area contributed by atoms with E-state index in [1.807, 2.05) is 36.9 Å². The Balaban J connectivity index is 1.82. The molecular weight excluding hydrogens is 488 g/mol. The van der Waals surface area contributed by atoms with Gasteiger partial charge in [0.1, 0.15) is 11.2 Å². The largest absolute Gasteiger partial charge is 0.308 e. The summed E-state index contributed by atoms with van der Waals surface area (Å²) in [5, 5.41) is 4.04. The van der Waals surface area contributed by atoms with Crippen LogP contribution in [-0.4, -0.2) is 70.6 Å². The molecule has 1 aliphatic rings. The van der Waals surface area contributed by atoms with E-state index >= 15 is 0 Å². The van der Waals surface area contributed by atoms with Crippen molar-refractivity contribution in [3.63, 3.8) is 0 Å². The minimum absolute atomic E-state index is 0.0969. The van der Waals surface area contributed by atoms with E-state index in [0.29, 0.717) is 48.5 Å². The predicted molar refractivity (Wildman–Crippen MR) is 147 cm³/mol. The number of likely N-dealkylation sites (N-methyl/N-ethyl adjacent to an activating group) is 1. The van der Waals surface area contributed by atoms with E-state index in [-0.39, 0.29) is 17.4 Å². The third-order valence-corrected chi connectivity index (χ3v) is 9.61. The highest BCUT2D eigenvalue weighted by Gasteiger charge is 2.38. The number of fused-ring (bicyclic) bond motifs is 1. The number of benzene rings is 1. The molecule has 4 rings (SSSR count). The minimum atomic E-state index is -3.85. The Morgan fingerprint density at radius 1 is 1.03 bits per heavy atom. The van der Waals surface area contributed by atoms with Crippen molar-refractivity contribution in [1.82, 2.24) is 29.0 Å². The maximum Gasteiger partial charge on any atom is 0.262 e. The fourth-order valence-electron chi connectivity index (χ4n) is 5.20. The third-order valence-electron chi connectivity index (χ3n) is 7.43. The highest BCUT2D eigenvalue weighted by Crippen LogP contribution is 2.32. The molecule has 9 nitrogen and oxygen atoms in total. The number of aromatic nitrogens is 4. The number of hydrogen-bond acceptors (Lipinski definition) is 6. The van der Waals surface area contributed by atoms with Crippen molar-refractivity contribution in [1.29, 1.82) is 0 Å². The second-order valence-corrected chi connectivity index (χ2v) is 12.1. The van der Waals surface area contributed by atoms with Crippen molar-refractivity contribution in [2.24, 2.45) is 0 Å². The number of rotatable bonds is 11. The Morgan fingerprint density at radius 3 is 2.38 bits per heavy atom. The zero-order valence-electron chi connectivity index (χ0n) is 22.5. The molecule has 37 heavy (non-hydrogen) atoms. The molecule has 1 N–H and O–H groups in total. The molecule has 3 heterocycles. The van der Waals surface area contributed by atoms with Gasteiger partial charge in [-0.15, -0.1) is 0 Å². The second-order valence-electron chi connectivity index (χ2n) is 10.1. The van der Waals surface area contributed by atoms with Gasteiger partial charge in [-0.25, -0.2) is 18.1 Å². The van der Waals surface area contributed by atoms with Gasteiger partial charge in [0.15, 0.2) is 10.9 Å². The van der Waals surface area contributed by atoms with Crippen molar-refractivity contribution in [3.05, 3.63) is 57.8 Å². The van der Waals surface area contributed by atoms with Gasteiger partial charge >= 0.3 is 0 Å². The van der Waals surface area contributed by atoms with Gasteiger partial charge in [-0.2, -0.15) is 9.40 Å². The molecule has 0 spiro atoms. The second kappa shape index (κ2) is 11.9. The Labute approximate surface area is 219 Å². The summed E-state index contributed by atoms with van der Waals surface area (Å²) in [5.74, 6) is 0.143. The lowest BCUT2D eigenvalue weighted by Crippen LogP contribution is -2.48. The van der Waals surface area contributed by atoms with Crippen LogP contribution in [0.25, 0.3) is 11.0 Å². The quantitative estimate of drug-likeness (QED) is 0.377. The Hall–Kier alpha value is -2.56. The van der Waals surface area contributed by atoms with E-state index in [1.165, 1.54) is 17.1 Å². The average molecular weight is 529 g/mol. The molecule has 0 radical (unpaired) electrons. The lowest BCUT2D eigenvalue weighted by molar-refractivity contribution is 0.221. The number of aryl methyl sites for hydroxylation is 1. The molecule has 2 unspecified atom stereocenters. The fourth-order valence-corrected chi connectivity index (χ4v) is 7.07. The molecule has 0 aliphatic carbocycles. The smallest absolute Gasteiger partial charge is 0.262 e. The molecule has 1 saturated heterocycles. The first kappa shape index (κ1) is 27.5. The van der Waals surface area contributed by atoms with Crippen LogP contribution < -0.4 is 5.56 Å². The SMILES string of the molecule is CCCCCCC(CC)n1nc(C)c2c(=O)[nH]c(C(c3ccccc3)S(=O)(=O)N3CCN(C)CC3)nc21. The maximum absolute atomic E-state index is 14.0. The third kappa shape index (κ3) is 5.81. The lowest BCUT2D eigenvalue weighted by atomic mass is 10.1. The standard InChI is InChI=1S/C27H40N6O3S/c1-5-7-8-12-15-22(6-2)33-26-23(20(3)30-33)27(34)29-25(28-26)24(21-13-10-9-11-14-21)37(35,36)32-18-16-31(4)17-19-32/h9-11,13-14,22,24H,5-8,12,15-19H2,1-4H3,(H,28,29,34). The van der Waals surface area contributed by atoms with Crippen LogP contribution in [0.1, 0.15) is 80.7 Å². The number of nitrogens with zero attached hydrogens (tertiary/aromatic N) is 5. The topological polar surface area (TPSA) is 104 Å². The van der Waals surface area contributed by atoms with E-state index in [2.05, 4.69) is 23.7 Å². The summed E-state index contributed by atoms with van der Waals surface area (Å²) in [7, 11) is -1.86. The van der Waals surface area contributed by atoms with Gasteiger partial charge < -0.3 is 9.88 Å². The van der Waals surface area contributed by atoms with Crippen LogP contribution in [0.5, 0.6) is 0 Å². The van der Waals surface area contributed by atoms with E-state index in [0.717, 1.165) is 25.7 Å². The van der Waals surface area contributed by atoms with Crippen LogP contribution in [0.3, 0.4) is 0 Å². The summed E-state index contributed by atoms with van der Waals surface area (Å²) >= 11 is 0. The number of H-pyrrole nitrogens is 1. The lowest BCUT2D eigenvalue weighted by Gasteiger charge is -2.34. The zero-order chi connectivity index (χ0) is 26.6. The predicted octanol–water partition coefficient (Wildman–Crippen LogP) is 4.02. The molecule has 1 aliphatic heterocycles. The van der Waals surface area contributed by atoms with E-state index in [9.17, 15) is 13.2 Å². The molecule has 0 saturated carbocycles. The molecule has 1 fully saturated rings. The van der Waals surface area contributed by atoms with Crippen LogP contribution in [0, 0.1) is 6.92 Å². The monoisotopic (exact) mass is 528 g/mol. The molecule has 3 aromatic rings. The van der Waals surface area contributed by atoms with Crippen molar-refractivity contribution in [3.8, 4) is 0 Å². The van der Waals surface area contributed by atoms with Crippen LogP contribution in [0.2, 0.25) is 0 Å². The van der Waals surface area contributed by atoms with Gasteiger partial charge in [0.2, 0.25) is 10.0 Å².